The van der Waals surface area contributed by atoms with Gasteiger partial charge in [-0.05, 0) is 38.0 Å². The van der Waals surface area contributed by atoms with E-state index in [4.69, 9.17) is 10.7 Å². The Hall–Kier alpha value is -1.49. The van der Waals surface area contributed by atoms with Crippen molar-refractivity contribution in [3.63, 3.8) is 0 Å². The van der Waals surface area contributed by atoms with E-state index in [9.17, 15) is 0 Å². The van der Waals surface area contributed by atoms with Gasteiger partial charge in [-0.1, -0.05) is 13.8 Å². The zero-order valence-corrected chi connectivity index (χ0v) is 13.0. The standard InChI is InChI=1S/C15H20N4S/c1-8(2)10-4-5-12-13(6-10)20-15(19-12)11-7-17-9(3)18-14(11)16/h7-8,10H,4-6H2,1-3H3,(H2,16,17,18). The van der Waals surface area contributed by atoms with Crippen molar-refractivity contribution in [3.05, 3.63) is 22.6 Å². The highest BCUT2D eigenvalue weighted by Crippen LogP contribution is 2.37. The van der Waals surface area contributed by atoms with E-state index in [1.165, 1.54) is 17.0 Å². The number of aryl methyl sites for hydroxylation is 2. The average molecular weight is 288 g/mol. The fourth-order valence-corrected chi connectivity index (χ4v) is 3.96. The number of hydrogen-bond donors (Lipinski definition) is 1. The molecule has 20 heavy (non-hydrogen) atoms. The summed E-state index contributed by atoms with van der Waals surface area (Å²) in [6.45, 7) is 6.47. The Morgan fingerprint density at radius 3 is 2.85 bits per heavy atom. The summed E-state index contributed by atoms with van der Waals surface area (Å²) in [4.78, 5) is 14.7. The predicted molar refractivity (Wildman–Crippen MR) is 82.6 cm³/mol. The van der Waals surface area contributed by atoms with Gasteiger partial charge in [-0.2, -0.15) is 0 Å². The summed E-state index contributed by atoms with van der Waals surface area (Å²) in [7, 11) is 0. The van der Waals surface area contributed by atoms with Crippen molar-refractivity contribution in [3.8, 4) is 10.6 Å². The number of thiazole rings is 1. The molecule has 2 heterocycles. The normalized spacial score (nSPS) is 18.3. The zero-order chi connectivity index (χ0) is 14.3. The number of nitrogen functional groups attached to an aromatic ring is 1. The van der Waals surface area contributed by atoms with Gasteiger partial charge in [-0.3, -0.25) is 0 Å². The number of nitrogens with zero attached hydrogens (tertiary/aromatic N) is 3. The van der Waals surface area contributed by atoms with Gasteiger partial charge in [0.15, 0.2) is 0 Å². The molecule has 1 atom stereocenters. The van der Waals surface area contributed by atoms with Gasteiger partial charge in [-0.15, -0.1) is 11.3 Å². The number of aromatic nitrogens is 3. The van der Waals surface area contributed by atoms with Crippen LogP contribution in [-0.2, 0) is 12.8 Å². The predicted octanol–water partition coefficient (Wildman–Crippen LogP) is 3.25. The van der Waals surface area contributed by atoms with E-state index in [2.05, 4.69) is 23.8 Å². The third-order valence-corrected chi connectivity index (χ3v) is 5.24. The van der Waals surface area contributed by atoms with Gasteiger partial charge in [0.05, 0.1) is 11.3 Å². The largest absolute Gasteiger partial charge is 0.383 e. The van der Waals surface area contributed by atoms with Gasteiger partial charge in [0.1, 0.15) is 16.6 Å². The highest BCUT2D eigenvalue weighted by Gasteiger charge is 2.25. The van der Waals surface area contributed by atoms with Gasteiger partial charge in [0.25, 0.3) is 0 Å². The minimum atomic E-state index is 0.531. The van der Waals surface area contributed by atoms with E-state index in [1.807, 2.05) is 6.92 Å². The summed E-state index contributed by atoms with van der Waals surface area (Å²) < 4.78 is 0. The molecule has 2 aromatic heterocycles. The lowest BCUT2D eigenvalue weighted by atomic mass is 9.83. The smallest absolute Gasteiger partial charge is 0.137 e. The summed E-state index contributed by atoms with van der Waals surface area (Å²) in [5, 5.41) is 0.969. The first-order valence-electron chi connectivity index (χ1n) is 7.12. The van der Waals surface area contributed by atoms with Crippen LogP contribution in [0.1, 0.15) is 36.7 Å². The lowest BCUT2D eigenvalue weighted by molar-refractivity contribution is 0.344. The van der Waals surface area contributed by atoms with Crippen LogP contribution in [0.2, 0.25) is 0 Å². The Morgan fingerprint density at radius 2 is 2.15 bits per heavy atom. The van der Waals surface area contributed by atoms with Crippen molar-refractivity contribution in [2.75, 3.05) is 5.73 Å². The van der Waals surface area contributed by atoms with Gasteiger partial charge in [-0.25, -0.2) is 15.0 Å². The molecular formula is C15H20N4S. The first-order valence-corrected chi connectivity index (χ1v) is 7.94. The third-order valence-electron chi connectivity index (χ3n) is 4.09. The molecule has 0 aromatic carbocycles. The Balaban J connectivity index is 1.94. The molecule has 106 valence electrons. The average Bonchev–Trinajstić information content (AvgIpc) is 2.80. The fourth-order valence-electron chi connectivity index (χ4n) is 2.74. The molecule has 2 N–H and O–H groups in total. The zero-order valence-electron chi connectivity index (χ0n) is 12.2. The van der Waals surface area contributed by atoms with Crippen LogP contribution < -0.4 is 5.73 Å². The number of nitrogens with two attached hydrogens (primary N) is 1. The maximum atomic E-state index is 6.00. The van der Waals surface area contributed by atoms with Crippen LogP contribution in [-0.4, -0.2) is 15.0 Å². The van der Waals surface area contributed by atoms with Crippen molar-refractivity contribution < 1.29 is 0 Å². The quantitative estimate of drug-likeness (QED) is 0.921. The second-order valence-corrected chi connectivity index (χ2v) is 6.94. The summed E-state index contributed by atoms with van der Waals surface area (Å²) in [6.07, 6.45) is 5.27. The molecule has 0 fully saturated rings. The summed E-state index contributed by atoms with van der Waals surface area (Å²) in [5.41, 5.74) is 8.13. The van der Waals surface area contributed by atoms with Crippen LogP contribution in [0.3, 0.4) is 0 Å². The van der Waals surface area contributed by atoms with Crippen LogP contribution in [0.4, 0.5) is 5.82 Å². The Bertz CT molecular complexity index is 633. The molecule has 3 rings (SSSR count). The molecule has 4 nitrogen and oxygen atoms in total. The van der Waals surface area contributed by atoms with Crippen LogP contribution in [0.5, 0.6) is 0 Å². The van der Waals surface area contributed by atoms with Crippen molar-refractivity contribution >= 4 is 17.2 Å². The first kappa shape index (κ1) is 13.5. The highest BCUT2D eigenvalue weighted by molar-refractivity contribution is 7.15. The van der Waals surface area contributed by atoms with E-state index in [0.717, 1.165) is 35.2 Å². The van der Waals surface area contributed by atoms with Gasteiger partial charge in [0, 0.05) is 11.1 Å². The van der Waals surface area contributed by atoms with Crippen LogP contribution in [0, 0.1) is 18.8 Å². The highest BCUT2D eigenvalue weighted by atomic mass is 32.1. The van der Waals surface area contributed by atoms with Gasteiger partial charge < -0.3 is 5.73 Å². The van der Waals surface area contributed by atoms with E-state index < -0.39 is 0 Å². The van der Waals surface area contributed by atoms with Crippen LogP contribution in [0.25, 0.3) is 10.6 Å². The lowest BCUT2D eigenvalue weighted by Gasteiger charge is -2.24. The first-order chi connectivity index (χ1) is 9.54. The molecule has 1 aliphatic carbocycles. The molecule has 0 saturated heterocycles. The molecule has 1 aliphatic rings. The molecule has 0 aliphatic heterocycles. The second-order valence-electron chi connectivity index (χ2n) is 5.85. The van der Waals surface area contributed by atoms with E-state index >= 15 is 0 Å². The van der Waals surface area contributed by atoms with Crippen molar-refractivity contribution in [2.24, 2.45) is 11.8 Å². The molecule has 0 saturated carbocycles. The Labute approximate surface area is 123 Å². The van der Waals surface area contributed by atoms with Crippen molar-refractivity contribution in [2.45, 2.75) is 40.0 Å². The number of fused-ring (bicyclic) bond motifs is 1. The summed E-state index contributed by atoms with van der Waals surface area (Å²) >= 11 is 1.76. The molecular weight excluding hydrogens is 268 g/mol. The monoisotopic (exact) mass is 288 g/mol. The number of hydrogen-bond acceptors (Lipinski definition) is 5. The van der Waals surface area contributed by atoms with Gasteiger partial charge in [0.2, 0.25) is 0 Å². The van der Waals surface area contributed by atoms with E-state index in [0.29, 0.717) is 11.6 Å². The van der Waals surface area contributed by atoms with Crippen molar-refractivity contribution in [1.82, 2.24) is 15.0 Å². The van der Waals surface area contributed by atoms with Crippen LogP contribution >= 0.6 is 11.3 Å². The second kappa shape index (κ2) is 5.13. The number of rotatable bonds is 2. The SMILES string of the molecule is Cc1ncc(-c2nc3c(s2)CC(C(C)C)CC3)c(N)n1. The van der Waals surface area contributed by atoms with Crippen molar-refractivity contribution in [1.29, 1.82) is 0 Å². The van der Waals surface area contributed by atoms with E-state index in [1.54, 1.807) is 17.5 Å². The van der Waals surface area contributed by atoms with Gasteiger partial charge >= 0.3 is 0 Å². The lowest BCUT2D eigenvalue weighted by Crippen LogP contribution is -2.17. The molecule has 0 bridgehead atoms. The Kier molecular flexibility index (Phi) is 3.46. The molecule has 1 unspecified atom stereocenters. The molecule has 0 spiro atoms. The number of anilines is 1. The Morgan fingerprint density at radius 1 is 1.35 bits per heavy atom. The summed E-state index contributed by atoms with van der Waals surface area (Å²) in [6, 6.07) is 0. The van der Waals surface area contributed by atoms with Crippen LogP contribution in [0.15, 0.2) is 6.20 Å². The summed E-state index contributed by atoms with van der Waals surface area (Å²) in [5.74, 6) is 2.75. The van der Waals surface area contributed by atoms with E-state index in [-0.39, 0.29) is 0 Å². The molecule has 0 amide bonds. The molecule has 0 radical (unpaired) electrons. The topological polar surface area (TPSA) is 64.7 Å². The molecule has 5 heteroatoms. The fraction of sp³-hybridized carbons (Fsp3) is 0.533. The maximum Gasteiger partial charge on any atom is 0.137 e. The third kappa shape index (κ3) is 2.42. The minimum absolute atomic E-state index is 0.531. The molecule has 2 aromatic rings. The minimum Gasteiger partial charge on any atom is -0.383 e. The maximum absolute atomic E-state index is 6.00.